The zero-order chi connectivity index (χ0) is 37.4. The van der Waals surface area contributed by atoms with Crippen LogP contribution in [0.4, 0.5) is 20.3 Å². The number of hydrogen-bond donors (Lipinski definition) is 4. The molecule has 7 aromatic rings. The number of nitriles is 1. The van der Waals surface area contributed by atoms with Gasteiger partial charge in [-0.2, -0.15) is 10.2 Å². The van der Waals surface area contributed by atoms with Crippen molar-refractivity contribution in [2.75, 3.05) is 23.7 Å². The van der Waals surface area contributed by atoms with Crippen LogP contribution in [-0.4, -0.2) is 51.0 Å². The summed E-state index contributed by atoms with van der Waals surface area (Å²) < 4.78 is 93.3. The molecule has 52 heavy (non-hydrogen) atoms. The molecule has 13 nitrogen and oxygen atoms in total. The third-order valence-corrected chi connectivity index (χ3v) is 10.8. The second-order valence-corrected chi connectivity index (χ2v) is 14.9. The monoisotopic (exact) mass is 785 g/mol. The quantitative estimate of drug-likeness (QED) is 0.122. The van der Waals surface area contributed by atoms with Gasteiger partial charge < -0.3 is 19.4 Å². The fourth-order valence-corrected chi connectivity index (χ4v) is 7.93. The van der Waals surface area contributed by atoms with E-state index in [2.05, 4.69) is 29.4 Å². The molecule has 0 saturated heterocycles. The van der Waals surface area contributed by atoms with Gasteiger partial charge in [-0.3, -0.25) is 14.4 Å². The van der Waals surface area contributed by atoms with Gasteiger partial charge in [0.25, 0.3) is 20.0 Å². The Morgan fingerprint density at radius 1 is 0.865 bits per heavy atom. The summed E-state index contributed by atoms with van der Waals surface area (Å²) >= 11 is 11.7. The lowest BCUT2D eigenvalue weighted by atomic mass is 10.1. The molecule has 3 aromatic carbocycles. The lowest BCUT2D eigenvalue weighted by molar-refractivity contribution is 0.397. The molecule has 19 heteroatoms. The van der Waals surface area contributed by atoms with Crippen molar-refractivity contribution >= 4 is 87.5 Å². The maximum atomic E-state index is 14.1. The highest BCUT2D eigenvalue weighted by atomic mass is 35.5. The first-order valence-electron chi connectivity index (χ1n) is 14.6. The van der Waals surface area contributed by atoms with Crippen LogP contribution in [-0.2, 0) is 20.0 Å². The molecular weight excluding hydrogens is 763 g/mol. The van der Waals surface area contributed by atoms with Crippen molar-refractivity contribution in [2.24, 2.45) is 0 Å². The lowest BCUT2D eigenvalue weighted by Gasteiger charge is -2.12. The van der Waals surface area contributed by atoms with Crippen molar-refractivity contribution in [2.45, 2.75) is 9.79 Å². The SMILES string of the molecule is COc1cc(C#N)c(F)cc1NS(=O)(=O)c1c[nH]c2cc(Cl)ccc12.COc1nc(NS(=O)(=O)c2cnc3c2ccc2ccc[nH]c23)c(F)cc1Cl. The molecule has 0 unspecified atom stereocenters. The summed E-state index contributed by atoms with van der Waals surface area (Å²) in [6.45, 7) is 0. The number of nitrogens with zero attached hydrogens (tertiary/aromatic N) is 3. The van der Waals surface area contributed by atoms with Gasteiger partial charge in [-0.15, -0.1) is 0 Å². The summed E-state index contributed by atoms with van der Waals surface area (Å²) in [5.41, 5.74) is 1.39. The molecule has 0 atom stereocenters. The van der Waals surface area contributed by atoms with Gasteiger partial charge in [-0.25, -0.2) is 25.6 Å². The number of nitrogens with one attached hydrogen (secondary N) is 4. The van der Waals surface area contributed by atoms with Crippen LogP contribution in [0.3, 0.4) is 0 Å². The van der Waals surface area contributed by atoms with Crippen LogP contribution in [0.5, 0.6) is 11.6 Å². The number of fused-ring (bicyclic) bond motifs is 4. The van der Waals surface area contributed by atoms with Crippen LogP contribution in [0, 0.1) is 23.0 Å². The third kappa shape index (κ3) is 6.96. The predicted octanol–water partition coefficient (Wildman–Crippen LogP) is 7.35. The summed E-state index contributed by atoms with van der Waals surface area (Å²) in [6.07, 6.45) is 4.26. The number of aromatic amines is 2. The van der Waals surface area contributed by atoms with E-state index in [-0.39, 0.29) is 37.7 Å². The number of pyridine rings is 2. The lowest BCUT2D eigenvalue weighted by Crippen LogP contribution is -2.15. The molecule has 0 aliphatic carbocycles. The standard InChI is InChI=1S/C17H12ClFN4O3S.C16H11ClFN3O3S/c1-26-17-11(18)7-12(19)16(22-17)23-27(24,25)13-8-21-15-10(13)5-4-9-3-2-6-20-14(9)15;1-24-15-4-9(7-19)12(18)6-14(15)21-25(22,23)16-8-20-13-5-10(17)2-3-11(13)16/h2-8,20H,1H3,(H,22,23);2-6,8,20-21H,1H3. The second kappa shape index (κ2) is 14.2. The normalized spacial score (nSPS) is 11.6. The van der Waals surface area contributed by atoms with Gasteiger partial charge in [-0.05, 0) is 24.3 Å². The van der Waals surface area contributed by atoms with Gasteiger partial charge in [0.2, 0.25) is 5.88 Å². The Morgan fingerprint density at radius 3 is 2.35 bits per heavy atom. The number of halogens is 4. The van der Waals surface area contributed by atoms with Gasteiger partial charge in [0, 0.05) is 63.5 Å². The van der Waals surface area contributed by atoms with E-state index < -0.39 is 37.5 Å². The smallest absolute Gasteiger partial charge is 0.265 e. The first-order chi connectivity index (χ1) is 24.8. The Morgan fingerprint density at radius 2 is 1.62 bits per heavy atom. The van der Waals surface area contributed by atoms with E-state index in [0.29, 0.717) is 32.3 Å². The molecular formula is C33H23Cl2F2N7O6S2. The number of hydrogen-bond acceptors (Lipinski definition) is 9. The molecule has 0 saturated carbocycles. The first kappa shape index (κ1) is 36.1. The number of methoxy groups -OCH3 is 2. The Kier molecular flexibility index (Phi) is 9.84. The maximum absolute atomic E-state index is 14.1. The van der Waals surface area contributed by atoms with Gasteiger partial charge in [0.1, 0.15) is 32.4 Å². The van der Waals surface area contributed by atoms with E-state index in [1.165, 1.54) is 26.6 Å². The van der Waals surface area contributed by atoms with Crippen LogP contribution in [0.2, 0.25) is 10.0 Å². The Labute approximate surface area is 304 Å². The van der Waals surface area contributed by atoms with Crippen molar-refractivity contribution in [3.05, 3.63) is 106 Å². The largest absolute Gasteiger partial charge is 0.495 e. The number of sulfonamides is 2. The number of H-pyrrole nitrogens is 2. The third-order valence-electron chi connectivity index (χ3n) is 7.55. The molecule has 0 amide bonds. The molecule has 0 fully saturated rings. The molecule has 4 aromatic heterocycles. The summed E-state index contributed by atoms with van der Waals surface area (Å²) in [7, 11) is -5.60. The molecule has 4 N–H and O–H groups in total. The summed E-state index contributed by atoms with van der Waals surface area (Å²) in [4.78, 5) is 13.8. The zero-order valence-electron chi connectivity index (χ0n) is 26.6. The Hall–Kier alpha value is -5.67. The van der Waals surface area contributed by atoms with E-state index in [0.717, 1.165) is 23.6 Å². The van der Waals surface area contributed by atoms with E-state index in [9.17, 15) is 25.6 Å². The van der Waals surface area contributed by atoms with Crippen molar-refractivity contribution in [1.82, 2.24) is 19.9 Å². The predicted molar refractivity (Wildman–Crippen MR) is 192 cm³/mol. The van der Waals surface area contributed by atoms with Gasteiger partial charge >= 0.3 is 0 Å². The van der Waals surface area contributed by atoms with Crippen LogP contribution in [0.1, 0.15) is 5.56 Å². The summed E-state index contributed by atoms with van der Waals surface area (Å²) in [5, 5.41) is 11.0. The van der Waals surface area contributed by atoms with Gasteiger partial charge in [0.05, 0.1) is 36.5 Å². The molecule has 7 rings (SSSR count). The van der Waals surface area contributed by atoms with Crippen LogP contribution in [0.25, 0.3) is 32.7 Å². The van der Waals surface area contributed by atoms with E-state index in [4.69, 9.17) is 37.9 Å². The number of anilines is 2. The zero-order valence-corrected chi connectivity index (χ0v) is 29.8. The van der Waals surface area contributed by atoms with E-state index in [1.54, 1.807) is 42.6 Å². The van der Waals surface area contributed by atoms with Crippen LogP contribution in [0.15, 0.2) is 89.0 Å². The molecule has 0 radical (unpaired) electrons. The Bertz CT molecular complexity index is 2790. The van der Waals surface area contributed by atoms with Gasteiger partial charge in [-0.1, -0.05) is 41.4 Å². The minimum atomic E-state index is -4.15. The number of aromatic nitrogens is 4. The molecule has 0 aliphatic rings. The molecule has 0 bridgehead atoms. The van der Waals surface area contributed by atoms with Crippen LogP contribution >= 0.6 is 23.2 Å². The number of ether oxygens (including phenoxy) is 2. The first-order valence-corrected chi connectivity index (χ1v) is 18.3. The molecule has 0 spiro atoms. The molecule has 266 valence electrons. The number of benzene rings is 3. The summed E-state index contributed by atoms with van der Waals surface area (Å²) in [5.74, 6) is -2.36. The topological polar surface area (TPSA) is 192 Å². The minimum absolute atomic E-state index is 0.0222. The average molecular weight is 787 g/mol. The minimum Gasteiger partial charge on any atom is -0.495 e. The average Bonchev–Trinajstić information content (AvgIpc) is 3.75. The van der Waals surface area contributed by atoms with E-state index in [1.807, 2.05) is 12.1 Å². The summed E-state index contributed by atoms with van der Waals surface area (Å²) in [6, 6.07) is 16.5. The highest BCUT2D eigenvalue weighted by Crippen LogP contribution is 2.33. The van der Waals surface area contributed by atoms with E-state index >= 15 is 0 Å². The highest BCUT2D eigenvalue weighted by Gasteiger charge is 2.25. The highest BCUT2D eigenvalue weighted by molar-refractivity contribution is 7.93. The van der Waals surface area contributed by atoms with Crippen LogP contribution < -0.4 is 18.9 Å². The van der Waals surface area contributed by atoms with Crippen molar-refractivity contribution in [3.8, 4) is 17.7 Å². The number of rotatable bonds is 8. The van der Waals surface area contributed by atoms with Crippen molar-refractivity contribution in [1.29, 1.82) is 5.26 Å². The van der Waals surface area contributed by atoms with Crippen molar-refractivity contribution < 1.29 is 35.1 Å². The maximum Gasteiger partial charge on any atom is 0.265 e. The molecule has 0 aliphatic heterocycles. The second-order valence-electron chi connectivity index (χ2n) is 10.7. The fraction of sp³-hybridized carbons (Fsp3) is 0.0606. The Balaban J connectivity index is 0.000000179. The molecule has 4 heterocycles. The van der Waals surface area contributed by atoms with Crippen molar-refractivity contribution in [3.63, 3.8) is 0 Å². The fourth-order valence-electron chi connectivity index (χ4n) is 5.15. The van der Waals surface area contributed by atoms with Gasteiger partial charge in [0.15, 0.2) is 11.6 Å².